The third-order valence-corrected chi connectivity index (χ3v) is 5.67. The van der Waals surface area contributed by atoms with E-state index in [9.17, 15) is 0 Å². The quantitative estimate of drug-likeness (QED) is 0.351. The zero-order valence-electron chi connectivity index (χ0n) is 17.2. The van der Waals surface area contributed by atoms with E-state index in [0.717, 1.165) is 28.3 Å². The molecule has 0 fully saturated rings. The lowest BCUT2D eigenvalue weighted by Gasteiger charge is -2.23. The number of aromatic nitrogens is 2. The van der Waals surface area contributed by atoms with Crippen LogP contribution >= 0.6 is 0 Å². The maximum atomic E-state index is 6.27. The number of nitrogens with zero attached hydrogens (tertiary/aromatic N) is 3. The standard InChI is InChI=1S/C24H23BN3O/c1-16-14-22(27(4)15-21(16)18-8-6-5-7-9-18)28-24-20(12-13-25(28)3)19-11-10-17(2)26-23(19)29-24/h5-15H,1-4H3/q+1. The molecule has 4 aromatic rings. The Morgan fingerprint density at radius 3 is 2.66 bits per heavy atom. The van der Waals surface area contributed by atoms with Gasteiger partial charge in [-0.2, -0.15) is 0 Å². The van der Waals surface area contributed by atoms with E-state index in [1.165, 1.54) is 16.7 Å². The van der Waals surface area contributed by atoms with Crippen molar-refractivity contribution in [1.29, 1.82) is 0 Å². The molecule has 0 saturated heterocycles. The van der Waals surface area contributed by atoms with Gasteiger partial charge in [0.05, 0.1) is 24.2 Å². The average molecular weight is 380 g/mol. The van der Waals surface area contributed by atoms with Gasteiger partial charge in [-0.05, 0) is 43.9 Å². The number of rotatable bonds is 2. The predicted molar refractivity (Wildman–Crippen MR) is 119 cm³/mol. The first-order chi connectivity index (χ1) is 14.0. The molecular weight excluding hydrogens is 357 g/mol. The number of hydrogen-bond acceptors (Lipinski definition) is 3. The summed E-state index contributed by atoms with van der Waals surface area (Å²) in [5.41, 5.74) is 6.44. The lowest BCUT2D eigenvalue weighted by molar-refractivity contribution is -0.657. The molecule has 0 atom stereocenters. The van der Waals surface area contributed by atoms with E-state index in [1.54, 1.807) is 0 Å². The Balaban J connectivity index is 1.67. The molecule has 0 radical (unpaired) electrons. The molecule has 29 heavy (non-hydrogen) atoms. The summed E-state index contributed by atoms with van der Waals surface area (Å²) in [6, 6.07) is 16.9. The van der Waals surface area contributed by atoms with Crippen LogP contribution in [0.4, 0.5) is 11.7 Å². The monoisotopic (exact) mass is 380 g/mol. The highest BCUT2D eigenvalue weighted by Gasteiger charge is 2.37. The second kappa shape index (κ2) is 6.62. The second-order valence-electron chi connectivity index (χ2n) is 7.80. The Labute approximate surface area is 171 Å². The molecule has 0 saturated carbocycles. The lowest BCUT2D eigenvalue weighted by atomic mass is 9.61. The van der Waals surface area contributed by atoms with Crippen molar-refractivity contribution < 1.29 is 8.98 Å². The summed E-state index contributed by atoms with van der Waals surface area (Å²) in [4.78, 5) is 6.85. The molecule has 0 aliphatic carbocycles. The van der Waals surface area contributed by atoms with Gasteiger partial charge in [-0.15, -0.1) is 0 Å². The molecule has 3 aromatic heterocycles. The normalized spacial score (nSPS) is 13.2. The summed E-state index contributed by atoms with van der Waals surface area (Å²) in [5.74, 6) is 4.17. The van der Waals surface area contributed by atoms with Gasteiger partial charge in [-0.25, -0.2) is 9.55 Å². The number of hydrogen-bond donors (Lipinski definition) is 0. The number of anilines is 2. The highest BCUT2D eigenvalue weighted by atomic mass is 16.4. The molecule has 0 N–H and O–H groups in total. The Morgan fingerprint density at radius 2 is 1.86 bits per heavy atom. The van der Waals surface area contributed by atoms with Crippen molar-refractivity contribution in [1.82, 2.24) is 4.98 Å². The summed E-state index contributed by atoms with van der Waals surface area (Å²) < 4.78 is 8.45. The third kappa shape index (κ3) is 2.85. The van der Waals surface area contributed by atoms with E-state index in [-0.39, 0.29) is 6.85 Å². The molecule has 4 nitrogen and oxygen atoms in total. The zero-order valence-corrected chi connectivity index (χ0v) is 17.2. The SMILES string of the molecule is CB1C=Cc2c(oc3nc(C)ccc23)N1c1cc(C)c(-c2ccccc2)c[n+]1C. The molecule has 1 aliphatic rings. The Kier molecular flexibility index (Phi) is 4.05. The van der Waals surface area contributed by atoms with Crippen molar-refractivity contribution in [3.63, 3.8) is 0 Å². The maximum absolute atomic E-state index is 6.27. The summed E-state index contributed by atoms with van der Waals surface area (Å²) in [5, 5.41) is 1.05. The van der Waals surface area contributed by atoms with Gasteiger partial charge >= 0.3 is 6.85 Å². The van der Waals surface area contributed by atoms with Gasteiger partial charge in [0, 0.05) is 17.3 Å². The van der Waals surface area contributed by atoms with Crippen LogP contribution in [0.25, 0.3) is 28.3 Å². The number of benzene rings is 1. The fraction of sp³-hybridized carbons (Fsp3) is 0.167. The van der Waals surface area contributed by atoms with Crippen molar-refractivity contribution in [3.05, 3.63) is 77.5 Å². The Bertz CT molecular complexity index is 1260. The summed E-state index contributed by atoms with van der Waals surface area (Å²) >= 11 is 0. The van der Waals surface area contributed by atoms with E-state index < -0.39 is 0 Å². The lowest BCUT2D eigenvalue weighted by Crippen LogP contribution is -2.43. The predicted octanol–water partition coefficient (Wildman–Crippen LogP) is 5.26. The summed E-state index contributed by atoms with van der Waals surface area (Å²) in [6.45, 7) is 6.52. The summed E-state index contributed by atoms with van der Waals surface area (Å²) in [7, 11) is 2.09. The zero-order chi connectivity index (χ0) is 20.1. The fourth-order valence-electron chi connectivity index (χ4n) is 4.13. The minimum Gasteiger partial charge on any atom is -0.404 e. The number of aryl methyl sites for hydroxylation is 3. The van der Waals surface area contributed by atoms with Crippen molar-refractivity contribution in [2.75, 3.05) is 4.81 Å². The average Bonchev–Trinajstić information content (AvgIpc) is 3.07. The van der Waals surface area contributed by atoms with Crippen LogP contribution in [0.15, 0.2) is 65.1 Å². The van der Waals surface area contributed by atoms with Crippen LogP contribution in [0, 0.1) is 13.8 Å². The van der Waals surface area contributed by atoms with Gasteiger partial charge in [0.2, 0.25) is 5.71 Å². The van der Waals surface area contributed by atoms with Crippen molar-refractivity contribution in [2.24, 2.45) is 7.05 Å². The van der Waals surface area contributed by atoms with Crippen LogP contribution in [0.3, 0.4) is 0 Å². The van der Waals surface area contributed by atoms with Crippen molar-refractivity contribution in [2.45, 2.75) is 20.7 Å². The van der Waals surface area contributed by atoms with Crippen LogP contribution in [-0.4, -0.2) is 11.8 Å². The van der Waals surface area contributed by atoms with E-state index in [0.29, 0.717) is 5.71 Å². The minimum atomic E-state index is 0.178. The molecule has 4 heterocycles. The molecule has 0 amide bonds. The summed E-state index contributed by atoms with van der Waals surface area (Å²) in [6.07, 6.45) is 4.36. The first-order valence-electron chi connectivity index (χ1n) is 9.96. The van der Waals surface area contributed by atoms with Crippen LogP contribution < -0.4 is 9.38 Å². The van der Waals surface area contributed by atoms with Gasteiger partial charge in [-0.1, -0.05) is 42.4 Å². The minimum absolute atomic E-state index is 0.178. The van der Waals surface area contributed by atoms with Crippen LogP contribution in [-0.2, 0) is 7.05 Å². The highest BCUT2D eigenvalue weighted by Crippen LogP contribution is 2.40. The first kappa shape index (κ1) is 17.7. The topological polar surface area (TPSA) is 33.2 Å². The Morgan fingerprint density at radius 1 is 1.07 bits per heavy atom. The van der Waals surface area contributed by atoms with Gasteiger partial charge in [0.25, 0.3) is 11.7 Å². The van der Waals surface area contributed by atoms with Crippen LogP contribution in [0.1, 0.15) is 16.8 Å². The molecule has 0 spiro atoms. The fourth-order valence-corrected chi connectivity index (χ4v) is 4.13. The number of pyridine rings is 2. The molecule has 5 rings (SSSR count). The largest absolute Gasteiger partial charge is 0.405 e. The maximum Gasteiger partial charge on any atom is 0.405 e. The van der Waals surface area contributed by atoms with E-state index in [4.69, 9.17) is 4.42 Å². The van der Waals surface area contributed by atoms with Crippen LogP contribution in [0.2, 0.25) is 6.82 Å². The molecule has 142 valence electrons. The van der Waals surface area contributed by atoms with Gasteiger partial charge in [0.1, 0.15) is 0 Å². The number of fused-ring (bicyclic) bond motifs is 3. The van der Waals surface area contributed by atoms with Crippen molar-refractivity contribution >= 4 is 35.7 Å². The van der Waals surface area contributed by atoms with Crippen molar-refractivity contribution in [3.8, 4) is 11.1 Å². The molecule has 1 aliphatic heterocycles. The van der Waals surface area contributed by atoms with Crippen LogP contribution in [0.5, 0.6) is 0 Å². The molecule has 1 aromatic carbocycles. The molecule has 0 unspecified atom stereocenters. The highest BCUT2D eigenvalue weighted by molar-refractivity contribution is 6.69. The second-order valence-corrected chi connectivity index (χ2v) is 7.80. The van der Waals surface area contributed by atoms with E-state index in [1.807, 2.05) is 19.1 Å². The van der Waals surface area contributed by atoms with E-state index >= 15 is 0 Å². The van der Waals surface area contributed by atoms with E-state index in [2.05, 4.69) is 89.8 Å². The third-order valence-electron chi connectivity index (χ3n) is 5.67. The molecular formula is C24H23BN3O+. The smallest absolute Gasteiger partial charge is 0.404 e. The van der Waals surface area contributed by atoms with Gasteiger partial charge in [0.15, 0.2) is 0 Å². The molecule has 0 bridgehead atoms. The molecule has 5 heteroatoms. The Hall–Kier alpha value is -3.34. The van der Waals surface area contributed by atoms with Gasteiger partial charge < -0.3 is 4.42 Å². The number of furan rings is 1. The first-order valence-corrected chi connectivity index (χ1v) is 9.96. The van der Waals surface area contributed by atoms with Gasteiger partial charge in [-0.3, -0.25) is 4.81 Å².